The molecule has 5 heteroatoms. The predicted molar refractivity (Wildman–Crippen MR) is 83.9 cm³/mol. The standard InChI is InChI=1S/C17H13ClO4/c1-20-12-8-13(21-2)16-14(9-12)22-15(17(16)19)7-10-3-5-11(18)6-4-10/h3-9H,1-2H3/b15-7-. The molecule has 4 nitrogen and oxygen atoms in total. The Labute approximate surface area is 132 Å². The summed E-state index contributed by atoms with van der Waals surface area (Å²) in [4.78, 5) is 12.5. The van der Waals surface area contributed by atoms with E-state index in [1.54, 1.807) is 37.5 Å². The maximum Gasteiger partial charge on any atom is 0.235 e. The first-order valence-electron chi connectivity index (χ1n) is 6.58. The molecule has 0 atom stereocenters. The second-order valence-electron chi connectivity index (χ2n) is 4.69. The Morgan fingerprint density at radius 2 is 1.82 bits per heavy atom. The maximum atomic E-state index is 12.5. The van der Waals surface area contributed by atoms with E-state index in [1.165, 1.54) is 7.11 Å². The summed E-state index contributed by atoms with van der Waals surface area (Å²) in [5, 5.41) is 0.635. The number of rotatable bonds is 3. The molecule has 0 N–H and O–H groups in total. The third-order valence-electron chi connectivity index (χ3n) is 3.33. The van der Waals surface area contributed by atoms with E-state index in [0.29, 0.717) is 27.8 Å². The first-order valence-corrected chi connectivity index (χ1v) is 6.96. The molecule has 0 bridgehead atoms. The number of fused-ring (bicyclic) bond motifs is 1. The predicted octanol–water partition coefficient (Wildman–Crippen LogP) is 3.97. The lowest BCUT2D eigenvalue weighted by Gasteiger charge is -2.07. The van der Waals surface area contributed by atoms with Crippen LogP contribution in [-0.4, -0.2) is 20.0 Å². The summed E-state index contributed by atoms with van der Waals surface area (Å²) in [7, 11) is 3.05. The van der Waals surface area contributed by atoms with Crippen LogP contribution in [0.15, 0.2) is 42.2 Å². The fraction of sp³-hybridized carbons (Fsp3) is 0.118. The van der Waals surface area contributed by atoms with Crippen LogP contribution in [0.2, 0.25) is 5.02 Å². The molecule has 2 aromatic rings. The van der Waals surface area contributed by atoms with Gasteiger partial charge in [0.05, 0.1) is 14.2 Å². The number of allylic oxidation sites excluding steroid dienone is 1. The molecule has 0 unspecified atom stereocenters. The number of hydrogen-bond donors (Lipinski definition) is 0. The first-order chi connectivity index (χ1) is 10.6. The van der Waals surface area contributed by atoms with E-state index < -0.39 is 0 Å². The van der Waals surface area contributed by atoms with Crippen LogP contribution in [0.4, 0.5) is 0 Å². The number of halogens is 1. The highest BCUT2D eigenvalue weighted by Crippen LogP contribution is 2.41. The molecule has 0 saturated carbocycles. The normalized spacial score (nSPS) is 14.7. The van der Waals surface area contributed by atoms with E-state index in [-0.39, 0.29) is 11.5 Å². The van der Waals surface area contributed by atoms with Crippen molar-refractivity contribution in [1.82, 2.24) is 0 Å². The molecule has 112 valence electrons. The summed E-state index contributed by atoms with van der Waals surface area (Å²) in [5.41, 5.74) is 1.23. The van der Waals surface area contributed by atoms with E-state index in [0.717, 1.165) is 5.56 Å². The summed E-state index contributed by atoms with van der Waals surface area (Å²) in [5.74, 6) is 1.45. The van der Waals surface area contributed by atoms with Gasteiger partial charge in [-0.2, -0.15) is 0 Å². The van der Waals surface area contributed by atoms with Gasteiger partial charge in [-0.15, -0.1) is 0 Å². The van der Waals surface area contributed by atoms with Gasteiger partial charge in [0.2, 0.25) is 5.78 Å². The van der Waals surface area contributed by atoms with Gasteiger partial charge in [-0.25, -0.2) is 0 Å². The lowest BCUT2D eigenvalue weighted by molar-refractivity contribution is 0.101. The van der Waals surface area contributed by atoms with Gasteiger partial charge in [0.25, 0.3) is 0 Å². The number of benzene rings is 2. The molecular weight excluding hydrogens is 304 g/mol. The number of methoxy groups -OCH3 is 2. The lowest BCUT2D eigenvalue weighted by Crippen LogP contribution is -2.00. The van der Waals surface area contributed by atoms with Gasteiger partial charge in [-0.05, 0) is 23.8 Å². The minimum atomic E-state index is -0.218. The largest absolute Gasteiger partial charge is 0.496 e. The zero-order valence-electron chi connectivity index (χ0n) is 12.1. The quantitative estimate of drug-likeness (QED) is 0.804. The van der Waals surface area contributed by atoms with Gasteiger partial charge in [-0.1, -0.05) is 23.7 Å². The molecule has 0 aromatic heterocycles. The molecule has 0 fully saturated rings. The van der Waals surface area contributed by atoms with Crippen molar-refractivity contribution < 1.29 is 19.0 Å². The fourth-order valence-electron chi connectivity index (χ4n) is 2.24. The third-order valence-corrected chi connectivity index (χ3v) is 3.59. The Hall–Kier alpha value is -2.46. The van der Waals surface area contributed by atoms with Crippen LogP contribution in [0.3, 0.4) is 0 Å². The van der Waals surface area contributed by atoms with Crippen LogP contribution in [0.1, 0.15) is 15.9 Å². The summed E-state index contributed by atoms with van der Waals surface area (Å²) in [6.45, 7) is 0. The van der Waals surface area contributed by atoms with Crippen molar-refractivity contribution in [2.75, 3.05) is 14.2 Å². The number of Topliss-reactive ketones (excluding diaryl/α,β-unsaturated/α-hetero) is 1. The smallest absolute Gasteiger partial charge is 0.235 e. The fourth-order valence-corrected chi connectivity index (χ4v) is 2.37. The number of ether oxygens (including phenoxy) is 3. The monoisotopic (exact) mass is 316 g/mol. The SMILES string of the molecule is COc1cc(OC)c2c(c1)O/C(=C\c1ccc(Cl)cc1)C2=O. The van der Waals surface area contributed by atoms with Gasteiger partial charge in [0.15, 0.2) is 5.76 Å². The maximum absolute atomic E-state index is 12.5. The summed E-state index contributed by atoms with van der Waals surface area (Å²) in [6, 6.07) is 10.5. The third kappa shape index (κ3) is 2.53. The molecule has 1 aliphatic heterocycles. The van der Waals surface area contributed by atoms with Crippen LogP contribution in [0, 0.1) is 0 Å². The van der Waals surface area contributed by atoms with Crippen molar-refractivity contribution in [2.24, 2.45) is 0 Å². The van der Waals surface area contributed by atoms with Crippen LogP contribution < -0.4 is 14.2 Å². The molecule has 0 spiro atoms. The highest BCUT2D eigenvalue weighted by Gasteiger charge is 2.32. The molecule has 0 saturated heterocycles. The van der Waals surface area contributed by atoms with E-state index in [2.05, 4.69) is 0 Å². The highest BCUT2D eigenvalue weighted by molar-refractivity contribution is 6.30. The average Bonchev–Trinajstić information content (AvgIpc) is 2.85. The van der Waals surface area contributed by atoms with Gasteiger partial charge in [-0.3, -0.25) is 4.79 Å². The first kappa shape index (κ1) is 14.5. The summed E-state index contributed by atoms with van der Waals surface area (Å²) in [6.07, 6.45) is 1.67. The number of ketones is 1. The van der Waals surface area contributed by atoms with Gasteiger partial charge >= 0.3 is 0 Å². The molecule has 1 aliphatic rings. The van der Waals surface area contributed by atoms with Crippen molar-refractivity contribution >= 4 is 23.5 Å². The molecule has 0 radical (unpaired) electrons. The summed E-state index contributed by atoms with van der Waals surface area (Å²) < 4.78 is 16.1. The van der Waals surface area contributed by atoms with Crippen molar-refractivity contribution in [3.8, 4) is 17.2 Å². The number of carbonyl (C=O) groups is 1. The molecule has 22 heavy (non-hydrogen) atoms. The van der Waals surface area contributed by atoms with E-state index in [4.69, 9.17) is 25.8 Å². The van der Waals surface area contributed by atoms with Gasteiger partial charge < -0.3 is 14.2 Å². The van der Waals surface area contributed by atoms with Crippen molar-refractivity contribution in [1.29, 1.82) is 0 Å². The molecule has 0 amide bonds. The Kier molecular flexibility index (Phi) is 3.77. The van der Waals surface area contributed by atoms with E-state index in [1.807, 2.05) is 12.1 Å². The Morgan fingerprint density at radius 1 is 1.09 bits per heavy atom. The zero-order chi connectivity index (χ0) is 15.7. The van der Waals surface area contributed by atoms with Crippen molar-refractivity contribution in [2.45, 2.75) is 0 Å². The molecule has 1 heterocycles. The minimum Gasteiger partial charge on any atom is -0.496 e. The second kappa shape index (κ2) is 5.73. The highest BCUT2D eigenvalue weighted by atomic mass is 35.5. The topological polar surface area (TPSA) is 44.8 Å². The Bertz CT molecular complexity index is 763. The van der Waals surface area contributed by atoms with Crippen LogP contribution >= 0.6 is 11.6 Å². The van der Waals surface area contributed by atoms with E-state index in [9.17, 15) is 4.79 Å². The number of carbonyl (C=O) groups excluding carboxylic acids is 1. The minimum absolute atomic E-state index is 0.218. The van der Waals surface area contributed by atoms with Crippen molar-refractivity contribution in [3.63, 3.8) is 0 Å². The Morgan fingerprint density at radius 3 is 2.45 bits per heavy atom. The van der Waals surface area contributed by atoms with Crippen LogP contribution in [-0.2, 0) is 0 Å². The van der Waals surface area contributed by atoms with Gasteiger partial charge in [0.1, 0.15) is 22.8 Å². The molecule has 2 aromatic carbocycles. The zero-order valence-corrected chi connectivity index (χ0v) is 12.8. The molecule has 0 aliphatic carbocycles. The second-order valence-corrected chi connectivity index (χ2v) is 5.13. The lowest BCUT2D eigenvalue weighted by atomic mass is 10.1. The van der Waals surface area contributed by atoms with Crippen LogP contribution in [0.25, 0.3) is 6.08 Å². The molecular formula is C17H13ClO4. The van der Waals surface area contributed by atoms with Crippen molar-refractivity contribution in [3.05, 3.63) is 58.3 Å². The summed E-state index contributed by atoms with van der Waals surface area (Å²) >= 11 is 5.85. The van der Waals surface area contributed by atoms with Crippen LogP contribution in [0.5, 0.6) is 17.2 Å². The van der Waals surface area contributed by atoms with E-state index >= 15 is 0 Å². The van der Waals surface area contributed by atoms with Gasteiger partial charge in [0, 0.05) is 17.2 Å². The number of hydrogen-bond acceptors (Lipinski definition) is 4. The molecule has 3 rings (SSSR count). The Balaban J connectivity index is 2.02. The average molecular weight is 317 g/mol.